The number of aliphatic hydroxyl groups excluding tert-OH is 1. The van der Waals surface area contributed by atoms with Gasteiger partial charge in [0.15, 0.2) is 0 Å². The highest BCUT2D eigenvalue weighted by molar-refractivity contribution is 5.12. The van der Waals surface area contributed by atoms with E-state index in [0.29, 0.717) is 0 Å². The Bertz CT molecular complexity index is 207. The van der Waals surface area contributed by atoms with Gasteiger partial charge in [0.1, 0.15) is 0 Å². The molecule has 0 bridgehead atoms. The molecule has 0 aromatic rings. The van der Waals surface area contributed by atoms with Crippen molar-refractivity contribution in [2.75, 3.05) is 6.61 Å². The van der Waals surface area contributed by atoms with E-state index < -0.39 is 0 Å². The Kier molecular flexibility index (Phi) is 5.66. The topological polar surface area (TPSA) is 20.2 Å². The Labute approximate surface area is 87.5 Å². The lowest BCUT2D eigenvalue weighted by atomic mass is 10.1. The molecule has 1 saturated carbocycles. The summed E-state index contributed by atoms with van der Waals surface area (Å²) in [5.41, 5.74) is 4.72. The smallest absolute Gasteiger partial charge is 0.0474 e. The largest absolute Gasteiger partial charge is 0.396 e. The quantitative estimate of drug-likeness (QED) is 0.486. The fraction of sp³-hybridized carbons (Fsp3) is 0.769. The summed E-state index contributed by atoms with van der Waals surface area (Å²) >= 11 is 0. The highest BCUT2D eigenvalue weighted by Gasteiger charge is 2.24. The SMILES string of the molecule is CCCCCC=C=C(CCO)C1CC1. The van der Waals surface area contributed by atoms with Gasteiger partial charge < -0.3 is 5.11 Å². The van der Waals surface area contributed by atoms with Crippen LogP contribution in [0.1, 0.15) is 51.9 Å². The lowest BCUT2D eigenvalue weighted by Gasteiger charge is -1.97. The van der Waals surface area contributed by atoms with Crippen molar-refractivity contribution in [3.63, 3.8) is 0 Å². The first-order valence-corrected chi connectivity index (χ1v) is 5.93. The summed E-state index contributed by atoms with van der Waals surface area (Å²) in [6.45, 7) is 2.50. The summed E-state index contributed by atoms with van der Waals surface area (Å²) in [5.74, 6) is 0.754. The van der Waals surface area contributed by atoms with E-state index in [0.717, 1.165) is 18.8 Å². The minimum Gasteiger partial charge on any atom is -0.396 e. The second-order valence-corrected chi connectivity index (χ2v) is 4.12. The number of rotatable bonds is 7. The highest BCUT2D eigenvalue weighted by atomic mass is 16.2. The summed E-state index contributed by atoms with van der Waals surface area (Å²) in [4.78, 5) is 0. The van der Waals surface area contributed by atoms with Gasteiger partial charge >= 0.3 is 0 Å². The first-order valence-electron chi connectivity index (χ1n) is 5.93. The molecule has 80 valence electrons. The zero-order valence-electron chi connectivity index (χ0n) is 9.26. The Morgan fingerprint density at radius 1 is 1.43 bits per heavy atom. The van der Waals surface area contributed by atoms with Crippen molar-refractivity contribution in [2.45, 2.75) is 51.9 Å². The zero-order chi connectivity index (χ0) is 10.2. The standard InChI is InChI=1S/C13H22O/c1-2-3-4-5-6-7-12(10-11-14)13-8-9-13/h6,13-14H,2-5,8-11H2,1H3. The van der Waals surface area contributed by atoms with Crippen LogP contribution >= 0.6 is 0 Å². The molecule has 1 nitrogen and oxygen atoms in total. The van der Waals surface area contributed by atoms with Crippen LogP contribution in [-0.4, -0.2) is 11.7 Å². The van der Waals surface area contributed by atoms with Crippen LogP contribution in [0.2, 0.25) is 0 Å². The van der Waals surface area contributed by atoms with E-state index in [1.165, 1.54) is 37.7 Å². The van der Waals surface area contributed by atoms with E-state index in [9.17, 15) is 0 Å². The molecule has 1 N–H and O–H groups in total. The molecule has 0 atom stereocenters. The predicted molar refractivity (Wildman–Crippen MR) is 60.2 cm³/mol. The summed E-state index contributed by atoms with van der Waals surface area (Å²) in [6.07, 6.45) is 10.6. The van der Waals surface area contributed by atoms with Crippen LogP contribution < -0.4 is 0 Å². The predicted octanol–water partition coefficient (Wildman–Crippen LogP) is 3.44. The van der Waals surface area contributed by atoms with Crippen LogP contribution in [0.15, 0.2) is 17.4 Å². The van der Waals surface area contributed by atoms with Crippen molar-refractivity contribution < 1.29 is 5.11 Å². The second-order valence-electron chi connectivity index (χ2n) is 4.12. The van der Waals surface area contributed by atoms with Gasteiger partial charge in [-0.2, -0.15) is 0 Å². The van der Waals surface area contributed by atoms with Crippen LogP contribution in [0.5, 0.6) is 0 Å². The van der Waals surface area contributed by atoms with E-state index in [4.69, 9.17) is 5.11 Å². The van der Waals surface area contributed by atoms with Crippen molar-refractivity contribution in [2.24, 2.45) is 5.92 Å². The van der Waals surface area contributed by atoms with Gasteiger partial charge in [-0.15, -0.1) is 5.73 Å². The lowest BCUT2D eigenvalue weighted by Crippen LogP contribution is -1.89. The monoisotopic (exact) mass is 194 g/mol. The van der Waals surface area contributed by atoms with E-state index in [1.54, 1.807) is 0 Å². The summed E-state index contributed by atoms with van der Waals surface area (Å²) in [7, 11) is 0. The zero-order valence-corrected chi connectivity index (χ0v) is 9.26. The van der Waals surface area contributed by atoms with Crippen LogP contribution in [0, 0.1) is 5.92 Å². The molecule has 0 radical (unpaired) electrons. The maximum atomic E-state index is 8.88. The first-order chi connectivity index (χ1) is 6.88. The molecule has 1 rings (SSSR count). The van der Waals surface area contributed by atoms with E-state index in [-0.39, 0.29) is 6.61 Å². The molecule has 14 heavy (non-hydrogen) atoms. The van der Waals surface area contributed by atoms with E-state index >= 15 is 0 Å². The third-order valence-corrected chi connectivity index (χ3v) is 2.69. The molecule has 0 unspecified atom stereocenters. The molecule has 0 saturated heterocycles. The molecule has 0 spiro atoms. The van der Waals surface area contributed by atoms with Gasteiger partial charge in [0.25, 0.3) is 0 Å². The van der Waals surface area contributed by atoms with Gasteiger partial charge in [-0.05, 0) is 49.7 Å². The van der Waals surface area contributed by atoms with Crippen molar-refractivity contribution in [3.05, 3.63) is 17.4 Å². The summed E-state index contributed by atoms with van der Waals surface area (Å²) in [6, 6.07) is 0. The number of unbranched alkanes of at least 4 members (excludes halogenated alkanes) is 3. The van der Waals surface area contributed by atoms with Gasteiger partial charge in [0, 0.05) is 6.61 Å². The fourth-order valence-corrected chi connectivity index (χ4v) is 1.65. The van der Waals surface area contributed by atoms with Crippen LogP contribution in [0.3, 0.4) is 0 Å². The highest BCUT2D eigenvalue weighted by Crippen LogP contribution is 2.37. The number of hydrogen-bond acceptors (Lipinski definition) is 1. The van der Waals surface area contributed by atoms with Crippen molar-refractivity contribution in [3.8, 4) is 0 Å². The first kappa shape index (κ1) is 11.6. The van der Waals surface area contributed by atoms with Crippen molar-refractivity contribution >= 4 is 0 Å². The Morgan fingerprint density at radius 3 is 2.79 bits per heavy atom. The third-order valence-electron chi connectivity index (χ3n) is 2.69. The maximum Gasteiger partial charge on any atom is 0.0474 e. The normalized spacial score (nSPS) is 15.0. The minimum absolute atomic E-state index is 0.279. The second kappa shape index (κ2) is 6.86. The lowest BCUT2D eigenvalue weighted by molar-refractivity contribution is 0.297. The van der Waals surface area contributed by atoms with Crippen LogP contribution in [0.4, 0.5) is 0 Å². The Hall–Kier alpha value is -0.520. The van der Waals surface area contributed by atoms with Gasteiger partial charge in [0.2, 0.25) is 0 Å². The molecule has 0 aromatic heterocycles. The van der Waals surface area contributed by atoms with Gasteiger partial charge in [-0.1, -0.05) is 19.8 Å². The number of aliphatic hydroxyl groups is 1. The van der Waals surface area contributed by atoms with Crippen molar-refractivity contribution in [1.82, 2.24) is 0 Å². The van der Waals surface area contributed by atoms with E-state index in [2.05, 4.69) is 18.7 Å². The average molecular weight is 194 g/mol. The Morgan fingerprint density at radius 2 is 2.21 bits per heavy atom. The Balaban J connectivity index is 2.28. The van der Waals surface area contributed by atoms with Crippen LogP contribution in [0.25, 0.3) is 0 Å². The molecule has 0 aliphatic heterocycles. The van der Waals surface area contributed by atoms with Gasteiger partial charge in [-0.3, -0.25) is 0 Å². The molecule has 1 aliphatic rings. The van der Waals surface area contributed by atoms with Crippen LogP contribution in [-0.2, 0) is 0 Å². The third kappa shape index (κ3) is 4.64. The molecule has 0 amide bonds. The number of hydrogen-bond donors (Lipinski definition) is 1. The minimum atomic E-state index is 0.279. The molecular weight excluding hydrogens is 172 g/mol. The fourth-order valence-electron chi connectivity index (χ4n) is 1.65. The molecule has 1 fully saturated rings. The molecule has 0 aromatic carbocycles. The molecule has 0 heterocycles. The molecular formula is C13H22O. The van der Waals surface area contributed by atoms with E-state index in [1.807, 2.05) is 0 Å². The summed E-state index contributed by atoms with van der Waals surface area (Å²) < 4.78 is 0. The van der Waals surface area contributed by atoms with Gasteiger partial charge in [0.05, 0.1) is 0 Å². The molecule has 1 heteroatoms. The molecule has 1 aliphatic carbocycles. The average Bonchev–Trinajstić information content (AvgIpc) is 2.99. The van der Waals surface area contributed by atoms with Gasteiger partial charge in [-0.25, -0.2) is 0 Å². The maximum absolute atomic E-state index is 8.88. The summed E-state index contributed by atoms with van der Waals surface area (Å²) in [5, 5.41) is 8.88. The van der Waals surface area contributed by atoms with Crippen molar-refractivity contribution in [1.29, 1.82) is 0 Å².